The van der Waals surface area contributed by atoms with Gasteiger partial charge in [0.25, 0.3) is 0 Å². The Labute approximate surface area is 139 Å². The van der Waals surface area contributed by atoms with Gasteiger partial charge in [0.15, 0.2) is 5.13 Å². The van der Waals surface area contributed by atoms with Crippen LogP contribution in [-0.2, 0) is 9.59 Å². The van der Waals surface area contributed by atoms with E-state index in [1.165, 1.54) is 11.3 Å². The van der Waals surface area contributed by atoms with Gasteiger partial charge in [-0.25, -0.2) is 4.98 Å². The average molecular weight is 383 g/mol. The molecule has 7 heteroatoms. The molecule has 1 saturated carbocycles. The van der Waals surface area contributed by atoms with Gasteiger partial charge in [0, 0.05) is 4.47 Å². The Morgan fingerprint density at radius 1 is 1.27 bits per heavy atom. The van der Waals surface area contributed by atoms with Crippen LogP contribution >= 0.6 is 27.3 Å². The summed E-state index contributed by atoms with van der Waals surface area (Å²) in [5.74, 6) is -2.17. The van der Waals surface area contributed by atoms with Gasteiger partial charge >= 0.3 is 5.97 Å². The minimum Gasteiger partial charge on any atom is -0.481 e. The van der Waals surface area contributed by atoms with Crippen molar-refractivity contribution in [2.24, 2.45) is 11.8 Å². The first-order valence-electron chi connectivity index (χ1n) is 7.14. The van der Waals surface area contributed by atoms with Gasteiger partial charge < -0.3 is 10.4 Å². The topological polar surface area (TPSA) is 79.3 Å². The van der Waals surface area contributed by atoms with E-state index in [1.807, 2.05) is 18.2 Å². The van der Waals surface area contributed by atoms with Gasteiger partial charge in [-0.1, -0.05) is 40.1 Å². The largest absolute Gasteiger partial charge is 0.481 e. The minimum atomic E-state index is -0.881. The number of aliphatic carboxylic acids is 1. The number of halogens is 1. The normalized spacial score (nSPS) is 21.7. The molecule has 1 aromatic heterocycles. The molecule has 1 amide bonds. The maximum Gasteiger partial charge on any atom is 0.307 e. The van der Waals surface area contributed by atoms with Gasteiger partial charge in [-0.15, -0.1) is 0 Å². The van der Waals surface area contributed by atoms with Crippen LogP contribution in [0.3, 0.4) is 0 Å². The van der Waals surface area contributed by atoms with Crippen LogP contribution in [0.5, 0.6) is 0 Å². The molecule has 1 aromatic carbocycles. The van der Waals surface area contributed by atoms with Crippen LogP contribution in [0.25, 0.3) is 10.2 Å². The molecule has 2 atom stereocenters. The van der Waals surface area contributed by atoms with Crippen LogP contribution in [0.1, 0.15) is 25.7 Å². The van der Waals surface area contributed by atoms with E-state index in [4.69, 9.17) is 0 Å². The molecule has 0 spiro atoms. The number of hydrogen-bond donors (Lipinski definition) is 2. The summed E-state index contributed by atoms with van der Waals surface area (Å²) in [6, 6.07) is 5.73. The Morgan fingerprint density at radius 2 is 2.00 bits per heavy atom. The van der Waals surface area contributed by atoms with Crippen molar-refractivity contribution in [1.29, 1.82) is 0 Å². The number of carboxylic acid groups (broad SMARTS) is 1. The number of benzene rings is 1. The summed E-state index contributed by atoms with van der Waals surface area (Å²) < 4.78 is 1.93. The predicted octanol–water partition coefficient (Wildman–Crippen LogP) is 3.89. The maximum atomic E-state index is 12.4. The Morgan fingerprint density at radius 3 is 2.73 bits per heavy atom. The smallest absolute Gasteiger partial charge is 0.307 e. The first-order chi connectivity index (χ1) is 10.5. The number of amides is 1. The van der Waals surface area contributed by atoms with E-state index >= 15 is 0 Å². The number of hydrogen-bond acceptors (Lipinski definition) is 4. The van der Waals surface area contributed by atoms with Gasteiger partial charge in [0.1, 0.15) is 0 Å². The highest BCUT2D eigenvalue weighted by Gasteiger charge is 2.35. The zero-order valence-electron chi connectivity index (χ0n) is 11.7. The second-order valence-corrected chi connectivity index (χ2v) is 7.40. The highest BCUT2D eigenvalue weighted by molar-refractivity contribution is 9.10. The highest BCUT2D eigenvalue weighted by Crippen LogP contribution is 2.33. The van der Waals surface area contributed by atoms with Crippen LogP contribution in [0.15, 0.2) is 22.7 Å². The molecule has 1 heterocycles. The lowest BCUT2D eigenvalue weighted by Gasteiger charge is -2.26. The fourth-order valence-electron chi connectivity index (χ4n) is 2.89. The number of thiazole rings is 1. The van der Waals surface area contributed by atoms with Gasteiger partial charge in [-0.05, 0) is 31.0 Å². The van der Waals surface area contributed by atoms with Crippen molar-refractivity contribution >= 4 is 54.5 Å². The van der Waals surface area contributed by atoms with Crippen molar-refractivity contribution in [3.63, 3.8) is 0 Å². The van der Waals surface area contributed by atoms with Gasteiger partial charge in [-0.2, -0.15) is 0 Å². The van der Waals surface area contributed by atoms with Gasteiger partial charge in [-0.3, -0.25) is 9.59 Å². The van der Waals surface area contributed by atoms with Crippen molar-refractivity contribution in [2.45, 2.75) is 25.7 Å². The molecule has 0 bridgehead atoms. The minimum absolute atomic E-state index is 0.231. The molecule has 2 aromatic rings. The lowest BCUT2D eigenvalue weighted by atomic mass is 9.79. The molecule has 1 aliphatic carbocycles. The number of aromatic nitrogens is 1. The summed E-state index contributed by atoms with van der Waals surface area (Å²) in [6.45, 7) is 0. The SMILES string of the molecule is O=C(O)C1CCCCC1C(=O)Nc1nc2ccc(Br)cc2s1. The number of carbonyl (C=O) groups excluding carboxylic acids is 1. The summed E-state index contributed by atoms with van der Waals surface area (Å²) in [5, 5.41) is 12.6. The molecular formula is C15H15BrN2O3S. The lowest BCUT2D eigenvalue weighted by Crippen LogP contribution is -2.36. The third-order valence-corrected chi connectivity index (χ3v) is 5.43. The number of carbonyl (C=O) groups is 2. The molecule has 0 saturated heterocycles. The zero-order chi connectivity index (χ0) is 15.7. The summed E-state index contributed by atoms with van der Waals surface area (Å²) in [4.78, 5) is 28.1. The maximum absolute atomic E-state index is 12.4. The summed E-state index contributed by atoms with van der Waals surface area (Å²) in [5.41, 5.74) is 0.821. The second kappa shape index (κ2) is 6.34. The standard InChI is InChI=1S/C15H15BrN2O3S/c16-8-5-6-11-12(7-8)22-15(17-11)18-13(19)9-3-1-2-4-10(9)14(20)21/h5-7,9-10H,1-4H2,(H,20,21)(H,17,18,19). The van der Waals surface area contributed by atoms with E-state index in [0.29, 0.717) is 18.0 Å². The van der Waals surface area contributed by atoms with E-state index < -0.39 is 17.8 Å². The number of nitrogens with zero attached hydrogens (tertiary/aromatic N) is 1. The third-order valence-electron chi connectivity index (χ3n) is 4.00. The van der Waals surface area contributed by atoms with Crippen molar-refractivity contribution in [2.75, 3.05) is 5.32 Å². The molecule has 0 radical (unpaired) electrons. The Hall–Kier alpha value is -1.47. The number of carboxylic acids is 1. The van der Waals surface area contributed by atoms with Crippen LogP contribution in [-0.4, -0.2) is 22.0 Å². The van der Waals surface area contributed by atoms with Crippen LogP contribution in [0.2, 0.25) is 0 Å². The van der Waals surface area contributed by atoms with Crippen molar-refractivity contribution < 1.29 is 14.7 Å². The zero-order valence-corrected chi connectivity index (χ0v) is 14.1. The lowest BCUT2D eigenvalue weighted by molar-refractivity contribution is -0.147. The van der Waals surface area contributed by atoms with Crippen LogP contribution in [0.4, 0.5) is 5.13 Å². The van der Waals surface area contributed by atoms with E-state index in [0.717, 1.165) is 27.5 Å². The molecule has 116 valence electrons. The number of rotatable bonds is 3. The Balaban J connectivity index is 1.78. The third kappa shape index (κ3) is 3.15. The van der Waals surface area contributed by atoms with E-state index in [9.17, 15) is 14.7 Å². The van der Waals surface area contributed by atoms with Gasteiger partial charge in [0.2, 0.25) is 5.91 Å². The molecule has 2 N–H and O–H groups in total. The fraction of sp³-hybridized carbons (Fsp3) is 0.400. The number of anilines is 1. The fourth-order valence-corrected chi connectivity index (χ4v) is 4.31. The van der Waals surface area contributed by atoms with Gasteiger partial charge in [0.05, 0.1) is 22.1 Å². The molecule has 2 unspecified atom stereocenters. The van der Waals surface area contributed by atoms with Crippen molar-refractivity contribution in [1.82, 2.24) is 4.98 Å². The first-order valence-corrected chi connectivity index (χ1v) is 8.75. The Bertz CT molecular complexity index is 731. The molecule has 0 aliphatic heterocycles. The molecule has 1 aliphatic rings. The molecular weight excluding hydrogens is 368 g/mol. The average Bonchev–Trinajstić information content (AvgIpc) is 2.88. The molecule has 22 heavy (non-hydrogen) atoms. The van der Waals surface area contributed by atoms with Crippen LogP contribution < -0.4 is 5.32 Å². The van der Waals surface area contributed by atoms with Crippen molar-refractivity contribution in [3.8, 4) is 0 Å². The first kappa shape index (κ1) is 15.4. The highest BCUT2D eigenvalue weighted by atomic mass is 79.9. The second-order valence-electron chi connectivity index (χ2n) is 5.46. The van der Waals surface area contributed by atoms with E-state index in [2.05, 4.69) is 26.2 Å². The van der Waals surface area contributed by atoms with E-state index in [-0.39, 0.29) is 5.91 Å². The summed E-state index contributed by atoms with van der Waals surface area (Å²) >= 11 is 4.80. The number of nitrogens with one attached hydrogen (secondary N) is 1. The monoisotopic (exact) mass is 382 g/mol. The molecule has 5 nitrogen and oxygen atoms in total. The Kier molecular flexibility index (Phi) is 4.44. The summed E-state index contributed by atoms with van der Waals surface area (Å²) in [7, 11) is 0. The molecule has 3 rings (SSSR count). The number of fused-ring (bicyclic) bond motifs is 1. The predicted molar refractivity (Wildman–Crippen MR) is 89.0 cm³/mol. The van der Waals surface area contributed by atoms with Crippen LogP contribution in [0, 0.1) is 11.8 Å². The van der Waals surface area contributed by atoms with E-state index in [1.54, 1.807) is 0 Å². The molecule has 1 fully saturated rings. The summed E-state index contributed by atoms with van der Waals surface area (Å²) in [6.07, 6.45) is 2.96. The quantitative estimate of drug-likeness (QED) is 0.843. The van der Waals surface area contributed by atoms with Crippen molar-refractivity contribution in [3.05, 3.63) is 22.7 Å².